The van der Waals surface area contributed by atoms with Gasteiger partial charge in [-0.05, 0) is 67.6 Å². The normalized spacial score (nSPS) is 10.3. The maximum atomic E-state index is 10.2. The Kier molecular flexibility index (Phi) is 5.42. The van der Waals surface area contributed by atoms with E-state index in [1.807, 2.05) is 13.8 Å². The van der Waals surface area contributed by atoms with Gasteiger partial charge in [-0.3, -0.25) is 4.79 Å². The summed E-state index contributed by atoms with van der Waals surface area (Å²) in [7, 11) is 0. The Labute approximate surface area is 130 Å². The number of hydrogen-bond acceptors (Lipinski definition) is 3. The van der Waals surface area contributed by atoms with Crippen molar-refractivity contribution in [2.24, 2.45) is 0 Å². The highest BCUT2D eigenvalue weighted by Crippen LogP contribution is 2.30. The van der Waals surface area contributed by atoms with Crippen molar-refractivity contribution in [3.05, 3.63) is 53.1 Å². The second-order valence-electron chi connectivity index (χ2n) is 5.33. The van der Waals surface area contributed by atoms with E-state index in [2.05, 4.69) is 17.4 Å². The number of phenols is 1. The third kappa shape index (κ3) is 4.25. The van der Waals surface area contributed by atoms with Crippen molar-refractivity contribution in [3.8, 4) is 17.2 Å². The lowest BCUT2D eigenvalue weighted by atomic mass is 10.0. The van der Waals surface area contributed by atoms with Gasteiger partial charge in [0.2, 0.25) is 6.41 Å². The third-order valence-electron chi connectivity index (χ3n) is 3.45. The first-order valence-corrected chi connectivity index (χ1v) is 7.34. The van der Waals surface area contributed by atoms with Crippen molar-refractivity contribution < 1.29 is 14.6 Å². The summed E-state index contributed by atoms with van der Waals surface area (Å²) in [5.41, 5.74) is 3.39. The summed E-state index contributed by atoms with van der Waals surface area (Å²) < 4.78 is 5.92. The van der Waals surface area contributed by atoms with Gasteiger partial charge < -0.3 is 15.2 Å². The average Bonchev–Trinajstić information content (AvgIpc) is 2.49. The Bertz CT molecular complexity index is 612. The zero-order chi connectivity index (χ0) is 15.9. The van der Waals surface area contributed by atoms with Gasteiger partial charge in [0.15, 0.2) is 0 Å². The molecule has 0 unspecified atom stereocenters. The molecule has 0 bridgehead atoms. The molecule has 0 saturated carbocycles. The molecule has 0 atom stereocenters. The smallest absolute Gasteiger partial charge is 0.207 e. The Morgan fingerprint density at radius 1 is 1.14 bits per heavy atom. The molecule has 4 heteroatoms. The topological polar surface area (TPSA) is 58.6 Å². The standard InChI is InChI=1S/C18H21NO3/c1-13-10-15(4-3-9-19-12-20)11-14(2)18(13)22-17-7-5-16(21)6-8-17/h5-8,10-12,21H,3-4,9H2,1-2H3,(H,19,20). The summed E-state index contributed by atoms with van der Waals surface area (Å²) >= 11 is 0. The van der Waals surface area contributed by atoms with Crippen LogP contribution in [0.15, 0.2) is 36.4 Å². The van der Waals surface area contributed by atoms with E-state index in [4.69, 9.17) is 4.74 Å². The molecule has 2 aromatic carbocycles. The molecule has 22 heavy (non-hydrogen) atoms. The molecule has 116 valence electrons. The summed E-state index contributed by atoms with van der Waals surface area (Å²) in [6.45, 7) is 4.74. The van der Waals surface area contributed by atoms with Crippen LogP contribution < -0.4 is 10.1 Å². The molecule has 0 fully saturated rings. The number of phenolic OH excluding ortho intramolecular Hbond substituents is 1. The molecule has 1 amide bonds. The summed E-state index contributed by atoms with van der Waals surface area (Å²) in [5, 5.41) is 12.0. The first kappa shape index (κ1) is 15.9. The quantitative estimate of drug-likeness (QED) is 0.608. The van der Waals surface area contributed by atoms with Crippen molar-refractivity contribution in [2.45, 2.75) is 26.7 Å². The Balaban J connectivity index is 2.09. The van der Waals surface area contributed by atoms with E-state index in [0.29, 0.717) is 12.3 Å². The molecule has 0 saturated heterocycles. The van der Waals surface area contributed by atoms with E-state index in [1.54, 1.807) is 24.3 Å². The summed E-state index contributed by atoms with van der Waals surface area (Å²) in [6.07, 6.45) is 2.56. The maximum absolute atomic E-state index is 10.2. The van der Waals surface area contributed by atoms with Gasteiger partial charge in [0.1, 0.15) is 17.2 Å². The highest BCUT2D eigenvalue weighted by molar-refractivity contribution is 5.47. The summed E-state index contributed by atoms with van der Waals surface area (Å²) in [5.74, 6) is 1.77. The van der Waals surface area contributed by atoms with Gasteiger partial charge in [-0.15, -0.1) is 0 Å². The van der Waals surface area contributed by atoms with Gasteiger partial charge >= 0.3 is 0 Å². The van der Waals surface area contributed by atoms with Crippen molar-refractivity contribution in [1.29, 1.82) is 0 Å². The van der Waals surface area contributed by atoms with Crippen LogP contribution in [-0.2, 0) is 11.2 Å². The molecule has 2 N–H and O–H groups in total. The van der Waals surface area contributed by atoms with E-state index in [9.17, 15) is 9.90 Å². The zero-order valence-corrected chi connectivity index (χ0v) is 12.9. The van der Waals surface area contributed by atoms with Crippen LogP contribution in [0.25, 0.3) is 0 Å². The van der Waals surface area contributed by atoms with Crippen molar-refractivity contribution in [2.75, 3.05) is 6.54 Å². The number of amides is 1. The maximum Gasteiger partial charge on any atom is 0.207 e. The van der Waals surface area contributed by atoms with Crippen LogP contribution in [-0.4, -0.2) is 18.1 Å². The summed E-state index contributed by atoms with van der Waals surface area (Å²) in [6, 6.07) is 10.9. The predicted octanol–water partition coefficient (Wildman–Crippen LogP) is 3.48. The zero-order valence-electron chi connectivity index (χ0n) is 12.9. The number of rotatable bonds is 7. The van der Waals surface area contributed by atoms with E-state index in [0.717, 1.165) is 36.1 Å². The van der Waals surface area contributed by atoms with Gasteiger partial charge in [-0.25, -0.2) is 0 Å². The highest BCUT2D eigenvalue weighted by atomic mass is 16.5. The predicted molar refractivity (Wildman–Crippen MR) is 86.5 cm³/mol. The first-order valence-electron chi connectivity index (χ1n) is 7.34. The second kappa shape index (κ2) is 7.50. The molecule has 0 aliphatic heterocycles. The van der Waals surface area contributed by atoms with E-state index in [-0.39, 0.29) is 5.75 Å². The monoisotopic (exact) mass is 299 g/mol. The van der Waals surface area contributed by atoms with Crippen molar-refractivity contribution in [3.63, 3.8) is 0 Å². The van der Waals surface area contributed by atoms with Gasteiger partial charge in [-0.2, -0.15) is 0 Å². The number of hydrogen-bond donors (Lipinski definition) is 2. The fraction of sp³-hybridized carbons (Fsp3) is 0.278. The van der Waals surface area contributed by atoms with Crippen LogP contribution >= 0.6 is 0 Å². The van der Waals surface area contributed by atoms with Gasteiger partial charge in [0.05, 0.1) is 0 Å². The number of carbonyl (C=O) groups is 1. The number of ether oxygens (including phenoxy) is 1. The minimum Gasteiger partial charge on any atom is -0.508 e. The van der Waals surface area contributed by atoms with Crippen molar-refractivity contribution in [1.82, 2.24) is 5.32 Å². The minimum absolute atomic E-state index is 0.222. The fourth-order valence-corrected chi connectivity index (χ4v) is 2.43. The number of aromatic hydroxyl groups is 1. The average molecular weight is 299 g/mol. The van der Waals surface area contributed by atoms with Gasteiger partial charge in [0, 0.05) is 6.54 Å². The Morgan fingerprint density at radius 3 is 2.36 bits per heavy atom. The van der Waals surface area contributed by atoms with E-state index in [1.165, 1.54) is 5.56 Å². The largest absolute Gasteiger partial charge is 0.508 e. The van der Waals surface area contributed by atoms with Crippen LogP contribution in [0, 0.1) is 13.8 Å². The SMILES string of the molecule is Cc1cc(CCCNC=O)cc(C)c1Oc1ccc(O)cc1. The molecule has 0 heterocycles. The van der Waals surface area contributed by atoms with E-state index < -0.39 is 0 Å². The number of carbonyl (C=O) groups excluding carboxylic acids is 1. The van der Waals surface area contributed by atoms with Crippen LogP contribution in [0.1, 0.15) is 23.1 Å². The molecule has 0 aromatic heterocycles. The number of aryl methyl sites for hydroxylation is 3. The molecule has 0 spiro atoms. The second-order valence-corrected chi connectivity index (χ2v) is 5.33. The number of nitrogens with one attached hydrogen (secondary N) is 1. The lowest BCUT2D eigenvalue weighted by molar-refractivity contribution is -0.109. The molecule has 2 rings (SSSR count). The van der Waals surface area contributed by atoms with Gasteiger partial charge in [-0.1, -0.05) is 12.1 Å². The molecule has 2 aromatic rings. The minimum atomic E-state index is 0.222. The fourth-order valence-electron chi connectivity index (χ4n) is 2.43. The highest BCUT2D eigenvalue weighted by Gasteiger charge is 2.08. The lowest BCUT2D eigenvalue weighted by Crippen LogP contribution is -2.12. The van der Waals surface area contributed by atoms with E-state index >= 15 is 0 Å². The Hall–Kier alpha value is -2.49. The molecule has 4 nitrogen and oxygen atoms in total. The first-order chi connectivity index (χ1) is 10.6. The molecular formula is C18H21NO3. The van der Waals surface area contributed by atoms with Gasteiger partial charge in [0.25, 0.3) is 0 Å². The lowest BCUT2D eigenvalue weighted by Gasteiger charge is -2.14. The molecule has 0 aliphatic carbocycles. The van der Waals surface area contributed by atoms with Crippen LogP contribution in [0.3, 0.4) is 0 Å². The Morgan fingerprint density at radius 2 is 1.77 bits per heavy atom. The third-order valence-corrected chi connectivity index (χ3v) is 3.45. The van der Waals surface area contributed by atoms with Crippen molar-refractivity contribution >= 4 is 6.41 Å². The van der Waals surface area contributed by atoms with Crippen LogP contribution in [0.4, 0.5) is 0 Å². The number of benzene rings is 2. The van der Waals surface area contributed by atoms with Crippen LogP contribution in [0.2, 0.25) is 0 Å². The summed E-state index contributed by atoms with van der Waals surface area (Å²) in [4.78, 5) is 10.2. The molecular weight excluding hydrogens is 278 g/mol. The molecule has 0 aliphatic rings. The molecule has 0 radical (unpaired) electrons. The van der Waals surface area contributed by atoms with Crippen LogP contribution in [0.5, 0.6) is 17.2 Å².